The Balaban J connectivity index is 2.81. The Morgan fingerprint density at radius 1 is 1.44 bits per heavy atom. The van der Waals surface area contributed by atoms with E-state index in [1.807, 2.05) is 0 Å². The van der Waals surface area contributed by atoms with Gasteiger partial charge in [0.2, 0.25) is 0 Å². The maximum Gasteiger partial charge on any atom is 0.175 e. The standard InChI is InChI=1S/C7H5O2/c8-5-6-1-3-7(9)4-2-6/h1,3-4H,2H2. The van der Waals surface area contributed by atoms with Crippen molar-refractivity contribution in [2.24, 2.45) is 0 Å². The summed E-state index contributed by atoms with van der Waals surface area (Å²) >= 11 is 0. The van der Waals surface area contributed by atoms with Crippen molar-refractivity contribution in [3.8, 4) is 0 Å². The van der Waals surface area contributed by atoms with Crippen LogP contribution in [0, 0.1) is 0 Å². The molecule has 0 aromatic carbocycles. The molecule has 0 heterocycles. The zero-order chi connectivity index (χ0) is 6.69. The Hall–Kier alpha value is -1.27. The first-order valence-electron chi connectivity index (χ1n) is 2.62. The van der Waals surface area contributed by atoms with Crippen molar-refractivity contribution in [2.45, 2.75) is 6.42 Å². The molecule has 0 aromatic heterocycles. The molecular formula is C7H5O2. The fourth-order valence-corrected chi connectivity index (χ4v) is 0.605. The third-order valence-electron chi connectivity index (χ3n) is 1.10. The molecule has 2 nitrogen and oxygen atoms in total. The first kappa shape index (κ1) is 5.86. The zero-order valence-electron chi connectivity index (χ0n) is 4.76. The minimum absolute atomic E-state index is 0.0333. The normalized spacial score (nSPS) is 16.9. The van der Waals surface area contributed by atoms with E-state index in [0.29, 0.717) is 12.0 Å². The van der Waals surface area contributed by atoms with Crippen molar-refractivity contribution in [1.29, 1.82) is 0 Å². The van der Waals surface area contributed by atoms with E-state index in [9.17, 15) is 9.90 Å². The largest absolute Gasteiger partial charge is 0.290 e. The summed E-state index contributed by atoms with van der Waals surface area (Å²) in [6.07, 6.45) is 4.75. The summed E-state index contributed by atoms with van der Waals surface area (Å²) < 4.78 is 0. The summed E-state index contributed by atoms with van der Waals surface area (Å²) in [6, 6.07) is 0. The summed E-state index contributed by atoms with van der Waals surface area (Å²) in [4.78, 5) is 9.92. The topological polar surface area (TPSA) is 37.0 Å². The molecule has 0 aliphatic heterocycles. The molecule has 1 aliphatic rings. The van der Waals surface area contributed by atoms with Gasteiger partial charge in [0.15, 0.2) is 5.76 Å². The lowest BCUT2D eigenvalue weighted by Crippen LogP contribution is -1.85. The van der Waals surface area contributed by atoms with Crippen molar-refractivity contribution in [3.05, 3.63) is 29.6 Å². The van der Waals surface area contributed by atoms with Gasteiger partial charge in [-0.3, -0.25) is 5.11 Å². The smallest absolute Gasteiger partial charge is 0.175 e. The summed E-state index contributed by atoms with van der Waals surface area (Å²) in [5.41, 5.74) is 0.537. The van der Waals surface area contributed by atoms with Crippen LogP contribution in [-0.2, 0) is 9.90 Å². The molecule has 1 aliphatic carbocycles. The highest BCUT2D eigenvalue weighted by atomic mass is 16.3. The van der Waals surface area contributed by atoms with Crippen LogP contribution in [0.15, 0.2) is 29.6 Å². The molecule has 1 radical (unpaired) electrons. The van der Waals surface area contributed by atoms with Gasteiger partial charge in [0.25, 0.3) is 0 Å². The van der Waals surface area contributed by atoms with E-state index in [4.69, 9.17) is 0 Å². The van der Waals surface area contributed by atoms with Crippen LogP contribution < -0.4 is 0 Å². The summed E-state index contributed by atoms with van der Waals surface area (Å²) in [5, 5.41) is 10.4. The first-order chi connectivity index (χ1) is 4.33. The van der Waals surface area contributed by atoms with Crippen molar-refractivity contribution >= 4 is 5.94 Å². The zero-order valence-corrected chi connectivity index (χ0v) is 4.76. The van der Waals surface area contributed by atoms with Crippen molar-refractivity contribution in [1.82, 2.24) is 0 Å². The highest BCUT2D eigenvalue weighted by Crippen LogP contribution is 2.10. The van der Waals surface area contributed by atoms with E-state index < -0.39 is 0 Å². The van der Waals surface area contributed by atoms with Gasteiger partial charge in [0.1, 0.15) is 5.94 Å². The lowest BCUT2D eigenvalue weighted by Gasteiger charge is -1.95. The maximum atomic E-state index is 10.4. The van der Waals surface area contributed by atoms with Crippen molar-refractivity contribution in [2.75, 3.05) is 0 Å². The minimum atomic E-state index is -0.0333. The van der Waals surface area contributed by atoms with Crippen LogP contribution in [0.25, 0.3) is 0 Å². The number of hydrogen-bond acceptors (Lipinski definition) is 1. The van der Waals surface area contributed by atoms with Gasteiger partial charge in [-0.25, -0.2) is 4.79 Å². The molecule has 1 rings (SSSR count). The monoisotopic (exact) mass is 121 g/mol. The van der Waals surface area contributed by atoms with E-state index in [1.165, 1.54) is 18.2 Å². The molecule has 0 saturated carbocycles. The molecule has 0 unspecified atom stereocenters. The number of allylic oxidation sites excluding steroid dienone is 4. The predicted octanol–water partition coefficient (Wildman–Crippen LogP) is 1.02. The van der Waals surface area contributed by atoms with E-state index in [2.05, 4.69) is 0 Å². The Morgan fingerprint density at radius 3 is 2.67 bits per heavy atom. The van der Waals surface area contributed by atoms with Gasteiger partial charge in [-0.05, 0) is 18.2 Å². The fourth-order valence-electron chi connectivity index (χ4n) is 0.605. The van der Waals surface area contributed by atoms with Crippen molar-refractivity contribution < 1.29 is 9.90 Å². The van der Waals surface area contributed by atoms with Crippen molar-refractivity contribution in [3.63, 3.8) is 0 Å². The third kappa shape index (κ3) is 1.31. The molecule has 45 valence electrons. The fraction of sp³-hybridized carbons (Fsp3) is 0.143. The lowest BCUT2D eigenvalue weighted by atomic mass is 10.1. The lowest BCUT2D eigenvalue weighted by molar-refractivity contribution is 0.313. The van der Waals surface area contributed by atoms with E-state index in [0.717, 1.165) is 0 Å². The van der Waals surface area contributed by atoms with Crippen LogP contribution in [0.2, 0.25) is 0 Å². The molecule has 0 spiro atoms. The summed E-state index contributed by atoms with van der Waals surface area (Å²) in [7, 11) is 0. The van der Waals surface area contributed by atoms with Crippen LogP contribution in [0.1, 0.15) is 6.42 Å². The second-order valence-corrected chi connectivity index (χ2v) is 1.77. The van der Waals surface area contributed by atoms with Crippen LogP contribution in [0.3, 0.4) is 0 Å². The van der Waals surface area contributed by atoms with Gasteiger partial charge in [-0.1, -0.05) is 0 Å². The average molecular weight is 121 g/mol. The Labute approximate surface area is 52.8 Å². The van der Waals surface area contributed by atoms with E-state index in [-0.39, 0.29) is 5.76 Å². The second kappa shape index (κ2) is 2.33. The highest BCUT2D eigenvalue weighted by Gasteiger charge is 1.99. The molecule has 0 bridgehead atoms. The Kier molecular flexibility index (Phi) is 1.52. The molecule has 2 heteroatoms. The second-order valence-electron chi connectivity index (χ2n) is 1.77. The van der Waals surface area contributed by atoms with Gasteiger partial charge in [-0.15, -0.1) is 0 Å². The van der Waals surface area contributed by atoms with Gasteiger partial charge >= 0.3 is 0 Å². The predicted molar refractivity (Wildman–Crippen MR) is 31.7 cm³/mol. The molecule has 0 amide bonds. The molecule has 0 N–H and O–H groups in total. The summed E-state index contributed by atoms with van der Waals surface area (Å²) in [5.74, 6) is 1.69. The van der Waals surface area contributed by atoms with Gasteiger partial charge < -0.3 is 0 Å². The molecular weight excluding hydrogens is 116 g/mol. The third-order valence-corrected chi connectivity index (χ3v) is 1.10. The molecule has 9 heavy (non-hydrogen) atoms. The highest BCUT2D eigenvalue weighted by molar-refractivity contribution is 5.59. The van der Waals surface area contributed by atoms with Gasteiger partial charge in [-0.2, -0.15) is 0 Å². The van der Waals surface area contributed by atoms with E-state index in [1.54, 1.807) is 5.94 Å². The first-order valence-corrected chi connectivity index (χ1v) is 2.62. The maximum absolute atomic E-state index is 10.4. The quantitative estimate of drug-likeness (QED) is 0.441. The van der Waals surface area contributed by atoms with Gasteiger partial charge in [0.05, 0.1) is 0 Å². The Bertz CT molecular complexity index is 217. The number of hydrogen-bond donors (Lipinski definition) is 0. The molecule has 0 aromatic rings. The van der Waals surface area contributed by atoms with E-state index >= 15 is 0 Å². The molecule has 0 fully saturated rings. The number of rotatable bonds is 0. The Morgan fingerprint density at radius 2 is 2.22 bits per heavy atom. The van der Waals surface area contributed by atoms with Crippen LogP contribution in [-0.4, -0.2) is 5.94 Å². The summed E-state index contributed by atoms with van der Waals surface area (Å²) in [6.45, 7) is 0. The van der Waals surface area contributed by atoms with Crippen LogP contribution >= 0.6 is 0 Å². The average Bonchev–Trinajstić information content (AvgIpc) is 1.90. The molecule has 0 atom stereocenters. The van der Waals surface area contributed by atoms with Gasteiger partial charge in [0, 0.05) is 12.0 Å². The van der Waals surface area contributed by atoms with Crippen LogP contribution in [0.5, 0.6) is 0 Å². The van der Waals surface area contributed by atoms with Crippen LogP contribution in [0.4, 0.5) is 0 Å². The minimum Gasteiger partial charge on any atom is -0.290 e. The number of carbonyl (C=O) groups excluding carboxylic acids is 1. The SMILES string of the molecule is [O]C1=CCC(=C=O)C=C1. The molecule has 0 saturated heterocycles.